The zero-order valence-electron chi connectivity index (χ0n) is 15.9. The van der Waals surface area contributed by atoms with Crippen molar-refractivity contribution in [3.8, 4) is 0 Å². The molecule has 0 fully saturated rings. The Morgan fingerprint density at radius 1 is 0.870 bits per heavy atom. The average Bonchev–Trinajstić information content (AvgIpc) is 2.55. The van der Waals surface area contributed by atoms with Crippen molar-refractivity contribution in [2.75, 3.05) is 7.11 Å². The fourth-order valence-electron chi connectivity index (χ4n) is 2.66. The van der Waals surface area contributed by atoms with Gasteiger partial charge in [-0.15, -0.1) is 0 Å². The van der Waals surface area contributed by atoms with Crippen molar-refractivity contribution in [3.63, 3.8) is 0 Å². The van der Waals surface area contributed by atoms with E-state index in [1.54, 1.807) is 7.11 Å². The quantitative estimate of drug-likeness (QED) is 0.234. The molecule has 0 saturated heterocycles. The number of carbonyl (C=O) groups excluding carboxylic acids is 1. The van der Waals surface area contributed by atoms with Crippen LogP contribution < -0.4 is 0 Å². The third kappa shape index (κ3) is 10.7. The van der Waals surface area contributed by atoms with Gasteiger partial charge in [-0.2, -0.15) is 0 Å². The van der Waals surface area contributed by atoms with Gasteiger partial charge in [0.1, 0.15) is 0 Å². The predicted molar refractivity (Wildman–Crippen MR) is 94.4 cm³/mol. The van der Waals surface area contributed by atoms with Gasteiger partial charge in [0.05, 0.1) is 12.2 Å². The maximum atomic E-state index is 12.0. The van der Waals surface area contributed by atoms with E-state index in [4.69, 9.17) is 14.2 Å². The van der Waals surface area contributed by atoms with Crippen molar-refractivity contribution in [2.24, 2.45) is 0 Å². The smallest absolute Gasteiger partial charge is 0.308 e. The van der Waals surface area contributed by atoms with Crippen LogP contribution in [0.15, 0.2) is 0 Å². The number of rotatable bonds is 15. The molecule has 0 aromatic carbocycles. The molecule has 4 heteroatoms. The molecule has 0 N–H and O–H groups in total. The van der Waals surface area contributed by atoms with Gasteiger partial charge in [0, 0.05) is 20.0 Å². The molecular formula is C19H38O4. The molecule has 0 bridgehead atoms. The van der Waals surface area contributed by atoms with Crippen molar-refractivity contribution in [2.45, 2.75) is 110 Å². The summed E-state index contributed by atoms with van der Waals surface area (Å²) in [6, 6.07) is 0. The summed E-state index contributed by atoms with van der Waals surface area (Å²) < 4.78 is 17.2. The second-order valence-corrected chi connectivity index (χ2v) is 6.14. The van der Waals surface area contributed by atoms with Gasteiger partial charge in [-0.3, -0.25) is 4.79 Å². The van der Waals surface area contributed by atoms with Crippen LogP contribution in [0, 0.1) is 0 Å². The van der Waals surface area contributed by atoms with E-state index < -0.39 is 6.29 Å². The fraction of sp³-hybridized carbons (Fsp3) is 0.947. The molecule has 3 unspecified atom stereocenters. The molecule has 0 amide bonds. The first-order valence-corrected chi connectivity index (χ1v) is 9.50. The summed E-state index contributed by atoms with van der Waals surface area (Å²) in [5.41, 5.74) is 0. The number of hydrogen-bond acceptors (Lipinski definition) is 4. The van der Waals surface area contributed by atoms with Crippen LogP contribution >= 0.6 is 0 Å². The monoisotopic (exact) mass is 330 g/mol. The van der Waals surface area contributed by atoms with E-state index >= 15 is 0 Å². The summed E-state index contributed by atoms with van der Waals surface area (Å²) >= 11 is 0. The third-order valence-electron chi connectivity index (χ3n) is 4.14. The van der Waals surface area contributed by atoms with Gasteiger partial charge in [0.15, 0.2) is 0 Å². The molecular weight excluding hydrogens is 292 g/mol. The highest BCUT2D eigenvalue weighted by atomic mass is 16.7. The Bertz CT molecular complexity index is 277. The zero-order valence-corrected chi connectivity index (χ0v) is 15.9. The predicted octanol–water partition coefficient (Wildman–Crippen LogP) is 5.24. The first-order valence-electron chi connectivity index (χ1n) is 9.50. The van der Waals surface area contributed by atoms with E-state index in [0.717, 1.165) is 57.8 Å². The largest absolute Gasteiger partial charge is 0.436 e. The van der Waals surface area contributed by atoms with Gasteiger partial charge >= 0.3 is 5.97 Å². The molecule has 0 radical (unpaired) electrons. The highest BCUT2D eigenvalue weighted by Gasteiger charge is 2.24. The van der Waals surface area contributed by atoms with Crippen LogP contribution in [0.5, 0.6) is 0 Å². The van der Waals surface area contributed by atoms with Gasteiger partial charge in [0.25, 0.3) is 0 Å². The lowest BCUT2D eigenvalue weighted by molar-refractivity contribution is -0.205. The normalized spacial score (nSPS) is 15.2. The summed E-state index contributed by atoms with van der Waals surface area (Å²) in [6.45, 7) is 8.46. The molecule has 0 rings (SSSR count). The molecule has 0 aromatic rings. The average molecular weight is 331 g/mol. The van der Waals surface area contributed by atoms with Crippen LogP contribution in [0.4, 0.5) is 0 Å². The van der Waals surface area contributed by atoms with Crippen molar-refractivity contribution >= 4 is 5.97 Å². The molecule has 138 valence electrons. The second-order valence-electron chi connectivity index (χ2n) is 6.14. The summed E-state index contributed by atoms with van der Waals surface area (Å²) in [6.07, 6.45) is 8.93. The molecule has 4 nitrogen and oxygen atoms in total. The Morgan fingerprint density at radius 3 is 2.00 bits per heavy atom. The zero-order chi connectivity index (χ0) is 17.5. The van der Waals surface area contributed by atoms with E-state index in [1.807, 2.05) is 0 Å². The Labute approximate surface area is 143 Å². The van der Waals surface area contributed by atoms with E-state index in [-0.39, 0.29) is 18.2 Å². The van der Waals surface area contributed by atoms with Crippen LogP contribution in [-0.4, -0.2) is 31.6 Å². The van der Waals surface area contributed by atoms with Crippen molar-refractivity contribution in [1.82, 2.24) is 0 Å². The highest BCUT2D eigenvalue weighted by Crippen LogP contribution is 2.18. The van der Waals surface area contributed by atoms with E-state index in [0.29, 0.717) is 6.42 Å². The topological polar surface area (TPSA) is 44.8 Å². The van der Waals surface area contributed by atoms with Crippen LogP contribution in [0.3, 0.4) is 0 Å². The number of carbonyl (C=O) groups is 1. The lowest BCUT2D eigenvalue weighted by Crippen LogP contribution is -2.35. The van der Waals surface area contributed by atoms with Gasteiger partial charge in [-0.1, -0.05) is 53.4 Å². The SMILES string of the molecule is CCCCCC(=O)OC(CCCCC)OC(CC)C(CC)OC. The minimum absolute atomic E-state index is 0.0277. The first-order chi connectivity index (χ1) is 11.1. The first kappa shape index (κ1) is 22.4. The molecule has 0 spiro atoms. The summed E-state index contributed by atoms with van der Waals surface area (Å²) in [7, 11) is 1.71. The van der Waals surface area contributed by atoms with Crippen LogP contribution in [0.2, 0.25) is 0 Å². The van der Waals surface area contributed by atoms with Gasteiger partial charge in [-0.05, 0) is 25.7 Å². The molecule has 0 aliphatic rings. The van der Waals surface area contributed by atoms with Crippen molar-refractivity contribution in [3.05, 3.63) is 0 Å². The molecule has 0 aliphatic heterocycles. The Hall–Kier alpha value is -0.610. The van der Waals surface area contributed by atoms with Gasteiger partial charge in [0.2, 0.25) is 6.29 Å². The lowest BCUT2D eigenvalue weighted by Gasteiger charge is -2.29. The molecule has 0 heterocycles. The van der Waals surface area contributed by atoms with E-state index in [1.165, 1.54) is 0 Å². The Kier molecular flexibility index (Phi) is 14.6. The summed E-state index contributed by atoms with van der Waals surface area (Å²) in [5, 5.41) is 0. The van der Waals surface area contributed by atoms with Crippen LogP contribution in [-0.2, 0) is 19.0 Å². The second kappa shape index (κ2) is 14.9. The Balaban J connectivity index is 4.54. The highest BCUT2D eigenvalue weighted by molar-refractivity contribution is 5.69. The minimum Gasteiger partial charge on any atom is -0.436 e. The molecule has 0 aliphatic carbocycles. The Morgan fingerprint density at radius 2 is 1.48 bits per heavy atom. The maximum Gasteiger partial charge on any atom is 0.308 e. The molecule has 0 aromatic heterocycles. The fourth-order valence-corrected chi connectivity index (χ4v) is 2.66. The molecule has 3 atom stereocenters. The van der Waals surface area contributed by atoms with E-state index in [2.05, 4.69) is 27.7 Å². The minimum atomic E-state index is -0.440. The van der Waals surface area contributed by atoms with E-state index in [9.17, 15) is 4.79 Å². The van der Waals surface area contributed by atoms with Crippen LogP contribution in [0.1, 0.15) is 91.9 Å². The molecule has 0 saturated carbocycles. The van der Waals surface area contributed by atoms with Gasteiger partial charge in [-0.25, -0.2) is 0 Å². The summed E-state index contributed by atoms with van der Waals surface area (Å²) in [5.74, 6) is -0.139. The lowest BCUT2D eigenvalue weighted by atomic mass is 10.1. The number of methoxy groups -OCH3 is 1. The number of hydrogen-bond donors (Lipinski definition) is 0. The standard InChI is InChI=1S/C19H38O4/c1-6-10-12-14-18(20)23-19(15-13-11-7-2)22-17(9-4)16(8-3)21-5/h16-17,19H,6-15H2,1-5H3. The van der Waals surface area contributed by atoms with Crippen molar-refractivity contribution in [1.29, 1.82) is 0 Å². The maximum absolute atomic E-state index is 12.0. The van der Waals surface area contributed by atoms with Crippen LogP contribution in [0.25, 0.3) is 0 Å². The number of unbranched alkanes of at least 4 members (excludes halogenated alkanes) is 4. The van der Waals surface area contributed by atoms with Gasteiger partial charge < -0.3 is 14.2 Å². The van der Waals surface area contributed by atoms with Crippen molar-refractivity contribution < 1.29 is 19.0 Å². The third-order valence-corrected chi connectivity index (χ3v) is 4.14. The number of ether oxygens (including phenoxy) is 3. The summed E-state index contributed by atoms with van der Waals surface area (Å²) in [4.78, 5) is 12.0. The molecule has 23 heavy (non-hydrogen) atoms. The number of esters is 1.